The van der Waals surface area contributed by atoms with Gasteiger partial charge in [0, 0.05) is 25.7 Å². The van der Waals surface area contributed by atoms with Gasteiger partial charge in [0.15, 0.2) is 5.82 Å². The molecular weight excluding hydrogens is 309 g/mol. The summed E-state index contributed by atoms with van der Waals surface area (Å²) in [6, 6.07) is 4.35. The summed E-state index contributed by atoms with van der Waals surface area (Å²) in [6.45, 7) is 2.14. The molecule has 0 aromatic heterocycles. The van der Waals surface area contributed by atoms with Gasteiger partial charge in [-0.3, -0.25) is 0 Å². The molecule has 0 spiro atoms. The number of hydrogen-bond donors (Lipinski definition) is 1. The van der Waals surface area contributed by atoms with Crippen LogP contribution in [0.5, 0.6) is 0 Å². The lowest BCUT2D eigenvalue weighted by molar-refractivity contribution is 0.249. The highest BCUT2D eigenvalue weighted by molar-refractivity contribution is 9.10. The SMILES string of the molecule is CN(C)C1CCN(c2ccc(CN)c(Br)c2F)CC1. The first-order chi connectivity index (χ1) is 9.04. The van der Waals surface area contributed by atoms with Gasteiger partial charge in [0.05, 0.1) is 10.2 Å². The van der Waals surface area contributed by atoms with Crippen LogP contribution in [0.15, 0.2) is 16.6 Å². The van der Waals surface area contributed by atoms with Gasteiger partial charge < -0.3 is 15.5 Å². The second-order valence-electron chi connectivity index (χ2n) is 5.26. The monoisotopic (exact) mass is 329 g/mol. The standard InChI is InChI=1S/C14H21BrFN3/c1-18(2)11-5-7-19(8-6-11)12-4-3-10(9-17)13(15)14(12)16/h3-4,11H,5-9,17H2,1-2H3. The van der Waals surface area contributed by atoms with Crippen LogP contribution in [-0.2, 0) is 6.54 Å². The Hall–Kier alpha value is -0.650. The van der Waals surface area contributed by atoms with E-state index in [9.17, 15) is 4.39 Å². The lowest BCUT2D eigenvalue weighted by atomic mass is 10.0. The van der Waals surface area contributed by atoms with E-state index >= 15 is 0 Å². The first-order valence-electron chi connectivity index (χ1n) is 6.63. The Balaban J connectivity index is 2.14. The summed E-state index contributed by atoms with van der Waals surface area (Å²) in [5.41, 5.74) is 7.08. The van der Waals surface area contributed by atoms with E-state index in [1.165, 1.54) is 0 Å². The predicted octanol–water partition coefficient (Wildman–Crippen LogP) is 2.58. The lowest BCUT2D eigenvalue weighted by Gasteiger charge is -2.36. The largest absolute Gasteiger partial charge is 0.369 e. The topological polar surface area (TPSA) is 32.5 Å². The molecule has 1 aliphatic rings. The molecule has 2 rings (SSSR count). The number of benzene rings is 1. The van der Waals surface area contributed by atoms with Gasteiger partial charge in [-0.2, -0.15) is 0 Å². The molecule has 106 valence electrons. The van der Waals surface area contributed by atoms with Crippen LogP contribution in [0.3, 0.4) is 0 Å². The molecule has 1 aliphatic heterocycles. The number of nitrogens with zero attached hydrogens (tertiary/aromatic N) is 2. The van der Waals surface area contributed by atoms with Crippen LogP contribution in [0, 0.1) is 5.82 Å². The van der Waals surface area contributed by atoms with E-state index in [0.29, 0.717) is 22.7 Å². The first kappa shape index (κ1) is 14.8. The zero-order valence-corrected chi connectivity index (χ0v) is 13.1. The molecule has 1 fully saturated rings. The summed E-state index contributed by atoms with van der Waals surface area (Å²) >= 11 is 3.30. The molecule has 19 heavy (non-hydrogen) atoms. The summed E-state index contributed by atoms with van der Waals surface area (Å²) in [7, 11) is 4.21. The van der Waals surface area contributed by atoms with Crippen LogP contribution in [0.2, 0.25) is 0 Å². The maximum atomic E-state index is 14.3. The van der Waals surface area contributed by atoms with Crippen LogP contribution in [0.1, 0.15) is 18.4 Å². The molecule has 3 nitrogen and oxygen atoms in total. The van der Waals surface area contributed by atoms with Crippen molar-refractivity contribution in [2.45, 2.75) is 25.4 Å². The molecule has 0 aliphatic carbocycles. The molecule has 1 saturated heterocycles. The van der Waals surface area contributed by atoms with Crippen LogP contribution >= 0.6 is 15.9 Å². The molecule has 0 amide bonds. The van der Waals surface area contributed by atoms with Crippen molar-refractivity contribution in [2.75, 3.05) is 32.1 Å². The van der Waals surface area contributed by atoms with Crippen LogP contribution in [-0.4, -0.2) is 38.1 Å². The average molecular weight is 330 g/mol. The van der Waals surface area contributed by atoms with Gasteiger partial charge in [0.25, 0.3) is 0 Å². The van der Waals surface area contributed by atoms with Crippen molar-refractivity contribution in [3.63, 3.8) is 0 Å². The highest BCUT2D eigenvalue weighted by atomic mass is 79.9. The Morgan fingerprint density at radius 1 is 1.37 bits per heavy atom. The van der Waals surface area contributed by atoms with Crippen molar-refractivity contribution in [1.29, 1.82) is 0 Å². The summed E-state index contributed by atoms with van der Waals surface area (Å²) < 4.78 is 14.8. The van der Waals surface area contributed by atoms with Crippen molar-refractivity contribution in [1.82, 2.24) is 4.90 Å². The van der Waals surface area contributed by atoms with Crippen molar-refractivity contribution in [3.8, 4) is 0 Å². The Morgan fingerprint density at radius 2 is 2.00 bits per heavy atom. The molecule has 0 radical (unpaired) electrons. The minimum absolute atomic E-state index is 0.189. The van der Waals surface area contributed by atoms with Crippen LogP contribution in [0.25, 0.3) is 0 Å². The summed E-state index contributed by atoms with van der Waals surface area (Å²) in [4.78, 5) is 4.38. The van der Waals surface area contributed by atoms with Gasteiger partial charge in [-0.25, -0.2) is 4.39 Å². The minimum atomic E-state index is -0.189. The molecular formula is C14H21BrFN3. The first-order valence-corrected chi connectivity index (χ1v) is 7.42. The van der Waals surface area contributed by atoms with Gasteiger partial charge in [-0.1, -0.05) is 6.07 Å². The maximum Gasteiger partial charge on any atom is 0.160 e. The highest BCUT2D eigenvalue weighted by Gasteiger charge is 2.23. The lowest BCUT2D eigenvalue weighted by Crippen LogP contribution is -2.42. The van der Waals surface area contributed by atoms with Crippen molar-refractivity contribution >= 4 is 21.6 Å². The molecule has 2 N–H and O–H groups in total. The number of halogens is 2. The molecule has 1 aromatic carbocycles. The quantitative estimate of drug-likeness (QED) is 0.925. The van der Waals surface area contributed by atoms with E-state index in [1.54, 1.807) is 0 Å². The fraction of sp³-hybridized carbons (Fsp3) is 0.571. The predicted molar refractivity (Wildman–Crippen MR) is 80.9 cm³/mol. The number of anilines is 1. The van der Waals surface area contributed by atoms with Gasteiger partial charge in [0.2, 0.25) is 0 Å². The normalized spacial score (nSPS) is 17.3. The van der Waals surface area contributed by atoms with Gasteiger partial charge in [0.1, 0.15) is 0 Å². The fourth-order valence-electron chi connectivity index (χ4n) is 2.60. The zero-order valence-electron chi connectivity index (χ0n) is 11.5. The maximum absolute atomic E-state index is 14.3. The van der Waals surface area contributed by atoms with E-state index in [0.717, 1.165) is 31.5 Å². The van der Waals surface area contributed by atoms with Gasteiger partial charge >= 0.3 is 0 Å². The zero-order chi connectivity index (χ0) is 14.0. The third kappa shape index (κ3) is 3.09. The van der Waals surface area contributed by atoms with Gasteiger partial charge in [-0.05, 0) is 54.5 Å². The van der Waals surface area contributed by atoms with E-state index < -0.39 is 0 Å². The smallest absolute Gasteiger partial charge is 0.160 e. The van der Waals surface area contributed by atoms with Crippen LogP contribution in [0.4, 0.5) is 10.1 Å². The van der Waals surface area contributed by atoms with E-state index in [-0.39, 0.29) is 5.82 Å². The highest BCUT2D eigenvalue weighted by Crippen LogP contribution is 2.31. The number of rotatable bonds is 3. The third-order valence-electron chi connectivity index (χ3n) is 3.90. The number of hydrogen-bond acceptors (Lipinski definition) is 3. The molecule has 0 unspecified atom stereocenters. The number of nitrogens with two attached hydrogens (primary N) is 1. The second kappa shape index (κ2) is 6.20. The summed E-state index contributed by atoms with van der Waals surface area (Å²) in [6.07, 6.45) is 2.14. The Bertz CT molecular complexity index is 443. The Kier molecular flexibility index (Phi) is 4.81. The number of piperidine rings is 1. The minimum Gasteiger partial charge on any atom is -0.369 e. The van der Waals surface area contributed by atoms with Crippen molar-refractivity contribution in [2.24, 2.45) is 5.73 Å². The van der Waals surface area contributed by atoms with Crippen molar-refractivity contribution < 1.29 is 4.39 Å². The van der Waals surface area contributed by atoms with Crippen LogP contribution < -0.4 is 10.6 Å². The summed E-state index contributed by atoms with van der Waals surface area (Å²) in [5, 5.41) is 0. The van der Waals surface area contributed by atoms with Crippen molar-refractivity contribution in [3.05, 3.63) is 28.0 Å². The third-order valence-corrected chi connectivity index (χ3v) is 4.75. The second-order valence-corrected chi connectivity index (χ2v) is 6.05. The fourth-order valence-corrected chi connectivity index (χ4v) is 3.10. The molecule has 0 atom stereocenters. The molecule has 1 heterocycles. The Morgan fingerprint density at radius 3 is 2.53 bits per heavy atom. The summed E-state index contributed by atoms with van der Waals surface area (Å²) in [5.74, 6) is -0.189. The molecule has 0 saturated carbocycles. The Labute approximate surface area is 122 Å². The molecule has 5 heteroatoms. The van der Waals surface area contributed by atoms with Gasteiger partial charge in [-0.15, -0.1) is 0 Å². The van der Waals surface area contributed by atoms with E-state index in [2.05, 4.69) is 39.8 Å². The van der Waals surface area contributed by atoms with E-state index in [1.807, 2.05) is 12.1 Å². The average Bonchev–Trinajstić information content (AvgIpc) is 2.42. The molecule has 0 bridgehead atoms. The molecule has 1 aromatic rings. The van der Waals surface area contributed by atoms with E-state index in [4.69, 9.17) is 5.73 Å².